The predicted molar refractivity (Wildman–Crippen MR) is 64.7 cm³/mol. The van der Waals surface area contributed by atoms with Crippen LogP contribution in [0.3, 0.4) is 0 Å². The molecule has 0 bridgehead atoms. The molecule has 75 valence electrons. The number of hydrogen-bond donors (Lipinski definition) is 0. The molecule has 0 fully saturated rings. The van der Waals surface area contributed by atoms with E-state index in [9.17, 15) is 4.57 Å². The molecule has 0 aromatic heterocycles. The highest BCUT2D eigenvalue weighted by Crippen LogP contribution is 2.18. The molecule has 1 nitrogen and oxygen atoms in total. The zero-order valence-electron chi connectivity index (χ0n) is 8.53. The van der Waals surface area contributed by atoms with Crippen molar-refractivity contribution in [2.24, 2.45) is 0 Å². The lowest BCUT2D eigenvalue weighted by molar-refractivity contribution is 0.598. The molecular weight excluding hydrogens is 203 g/mol. The van der Waals surface area contributed by atoms with E-state index in [-0.39, 0.29) is 0 Å². The average molecular weight is 215 g/mol. The van der Waals surface area contributed by atoms with Gasteiger partial charge in [-0.3, -0.25) is 0 Å². The Balaban J connectivity index is 2.33. The lowest BCUT2D eigenvalue weighted by Gasteiger charge is -2.02. The first-order chi connectivity index (χ1) is 7.27. The number of benzene rings is 2. The van der Waals surface area contributed by atoms with Gasteiger partial charge in [-0.2, -0.15) is 0 Å². The molecule has 0 saturated heterocycles. The van der Waals surface area contributed by atoms with Gasteiger partial charge >= 0.3 is 0 Å². The normalized spacial score (nSPS) is 12.3. The molecule has 1 radical (unpaired) electrons. The van der Waals surface area contributed by atoms with E-state index >= 15 is 0 Å². The molecule has 2 aromatic rings. The van der Waals surface area contributed by atoms with Crippen molar-refractivity contribution in [2.75, 3.05) is 0 Å². The summed E-state index contributed by atoms with van der Waals surface area (Å²) in [6.07, 6.45) is 0. The minimum absolute atomic E-state index is 0.891. The summed E-state index contributed by atoms with van der Waals surface area (Å²) < 4.78 is 12.1. The minimum Gasteiger partial charge on any atom is -0.317 e. The molecule has 15 heavy (non-hydrogen) atoms. The molecule has 0 heterocycles. The largest absolute Gasteiger partial charge is 0.317 e. The molecule has 1 unspecified atom stereocenters. The second-order valence-corrected chi connectivity index (χ2v) is 5.30. The Morgan fingerprint density at radius 1 is 0.933 bits per heavy atom. The van der Waals surface area contributed by atoms with E-state index in [0.717, 1.165) is 10.6 Å². The number of aryl methyl sites for hydroxylation is 1. The smallest absolute Gasteiger partial charge is 0.131 e. The van der Waals surface area contributed by atoms with Crippen molar-refractivity contribution in [2.45, 2.75) is 6.92 Å². The van der Waals surface area contributed by atoms with E-state index in [1.807, 2.05) is 43.3 Å². The van der Waals surface area contributed by atoms with Crippen molar-refractivity contribution in [1.29, 1.82) is 0 Å². The van der Waals surface area contributed by atoms with Crippen molar-refractivity contribution in [3.63, 3.8) is 0 Å². The van der Waals surface area contributed by atoms with E-state index in [2.05, 4.69) is 6.07 Å². The molecule has 0 aliphatic rings. The van der Waals surface area contributed by atoms with Gasteiger partial charge in [0.05, 0.1) is 0 Å². The summed E-state index contributed by atoms with van der Waals surface area (Å²) in [4.78, 5) is 0. The molecule has 0 aliphatic carbocycles. The van der Waals surface area contributed by atoms with E-state index < -0.39 is 7.80 Å². The zero-order valence-corrected chi connectivity index (χ0v) is 9.53. The lowest BCUT2D eigenvalue weighted by atomic mass is 10.2. The third-order valence-electron chi connectivity index (χ3n) is 2.29. The van der Waals surface area contributed by atoms with Crippen molar-refractivity contribution < 1.29 is 4.57 Å². The highest BCUT2D eigenvalue weighted by atomic mass is 31.1. The fourth-order valence-corrected chi connectivity index (χ4v) is 2.68. The van der Waals surface area contributed by atoms with Crippen molar-refractivity contribution in [1.82, 2.24) is 0 Å². The molecule has 0 saturated carbocycles. The fraction of sp³-hybridized carbons (Fsp3) is 0.0769. The Morgan fingerprint density at radius 2 is 1.47 bits per heavy atom. The molecule has 0 spiro atoms. The van der Waals surface area contributed by atoms with Gasteiger partial charge in [0.2, 0.25) is 0 Å². The monoisotopic (exact) mass is 215 g/mol. The first-order valence-electron chi connectivity index (χ1n) is 4.85. The third-order valence-corrected chi connectivity index (χ3v) is 4.01. The summed E-state index contributed by atoms with van der Waals surface area (Å²) in [6, 6.07) is 18.1. The van der Waals surface area contributed by atoms with Gasteiger partial charge in [-0.1, -0.05) is 54.1 Å². The molecule has 0 amide bonds. The van der Waals surface area contributed by atoms with Crippen LogP contribution in [0.4, 0.5) is 0 Å². The van der Waals surface area contributed by atoms with Gasteiger partial charge in [0.25, 0.3) is 0 Å². The van der Waals surface area contributed by atoms with Crippen LogP contribution < -0.4 is 10.6 Å². The van der Waals surface area contributed by atoms with Gasteiger partial charge < -0.3 is 4.57 Å². The first-order valence-corrected chi connectivity index (χ1v) is 6.26. The zero-order chi connectivity index (χ0) is 10.7. The van der Waals surface area contributed by atoms with E-state index in [4.69, 9.17) is 0 Å². The number of hydrogen-bond acceptors (Lipinski definition) is 1. The van der Waals surface area contributed by atoms with Crippen LogP contribution in [0, 0.1) is 13.0 Å². The van der Waals surface area contributed by atoms with Crippen LogP contribution in [-0.2, 0) is 4.57 Å². The van der Waals surface area contributed by atoms with Crippen molar-refractivity contribution in [3.05, 3.63) is 60.2 Å². The minimum atomic E-state index is -1.83. The summed E-state index contributed by atoms with van der Waals surface area (Å²) >= 11 is 0. The van der Waals surface area contributed by atoms with Crippen molar-refractivity contribution in [3.8, 4) is 0 Å². The van der Waals surface area contributed by atoms with Gasteiger partial charge in [0.1, 0.15) is 7.80 Å². The SMILES string of the molecule is Cc1ccc([PH](=O)c2cc[c]cc2)cc1. The maximum atomic E-state index is 12.1. The quantitative estimate of drug-likeness (QED) is 0.702. The molecular formula is C13H12OP. The topological polar surface area (TPSA) is 17.1 Å². The Kier molecular flexibility index (Phi) is 3.03. The summed E-state index contributed by atoms with van der Waals surface area (Å²) in [7, 11) is -1.83. The third kappa shape index (κ3) is 2.37. The van der Waals surface area contributed by atoms with Crippen LogP contribution in [0.1, 0.15) is 5.56 Å². The molecule has 2 heteroatoms. The molecule has 1 atom stereocenters. The van der Waals surface area contributed by atoms with E-state index in [1.54, 1.807) is 12.1 Å². The van der Waals surface area contributed by atoms with Gasteiger partial charge in [-0.15, -0.1) is 0 Å². The lowest BCUT2D eigenvalue weighted by Crippen LogP contribution is -2.05. The predicted octanol–water partition coefficient (Wildman–Crippen LogP) is 2.31. The van der Waals surface area contributed by atoms with Crippen LogP contribution in [0.25, 0.3) is 0 Å². The van der Waals surface area contributed by atoms with Gasteiger partial charge in [0.15, 0.2) is 0 Å². The Morgan fingerprint density at radius 3 is 2.07 bits per heavy atom. The highest BCUT2D eigenvalue weighted by Gasteiger charge is 2.04. The molecule has 0 N–H and O–H groups in total. The second kappa shape index (κ2) is 4.46. The highest BCUT2D eigenvalue weighted by molar-refractivity contribution is 7.61. The summed E-state index contributed by atoms with van der Waals surface area (Å²) in [6.45, 7) is 2.03. The maximum absolute atomic E-state index is 12.1. The fourth-order valence-electron chi connectivity index (χ4n) is 1.41. The van der Waals surface area contributed by atoms with Crippen LogP contribution in [-0.4, -0.2) is 0 Å². The van der Waals surface area contributed by atoms with Crippen LogP contribution in [0.5, 0.6) is 0 Å². The second-order valence-electron chi connectivity index (χ2n) is 3.48. The summed E-state index contributed by atoms with van der Waals surface area (Å²) in [5.41, 5.74) is 1.19. The molecule has 2 aromatic carbocycles. The van der Waals surface area contributed by atoms with Crippen LogP contribution in [0.2, 0.25) is 0 Å². The van der Waals surface area contributed by atoms with Crippen LogP contribution >= 0.6 is 7.80 Å². The van der Waals surface area contributed by atoms with Gasteiger partial charge in [0, 0.05) is 10.6 Å². The molecule has 2 rings (SSSR count). The Bertz CT molecular complexity index is 460. The maximum Gasteiger partial charge on any atom is 0.131 e. The Hall–Kier alpha value is -1.33. The Labute approximate surface area is 90.6 Å². The average Bonchev–Trinajstić information content (AvgIpc) is 2.30. The molecule has 0 aliphatic heterocycles. The van der Waals surface area contributed by atoms with Crippen molar-refractivity contribution >= 4 is 18.4 Å². The summed E-state index contributed by atoms with van der Waals surface area (Å²) in [5.74, 6) is 0. The number of rotatable bonds is 2. The van der Waals surface area contributed by atoms with Gasteiger partial charge in [-0.25, -0.2) is 0 Å². The summed E-state index contributed by atoms with van der Waals surface area (Å²) in [5, 5.41) is 1.81. The first kappa shape index (κ1) is 10.2. The standard InChI is InChI=1S/C13H12OP/c1-11-7-9-13(10-8-11)15(14)12-5-3-2-4-6-12/h3-10,15H,1H3. The van der Waals surface area contributed by atoms with E-state index in [1.165, 1.54) is 5.56 Å². The van der Waals surface area contributed by atoms with Gasteiger partial charge in [-0.05, 0) is 13.0 Å². The van der Waals surface area contributed by atoms with Crippen LogP contribution in [0.15, 0.2) is 48.5 Å². The van der Waals surface area contributed by atoms with E-state index in [0.29, 0.717) is 0 Å².